The predicted octanol–water partition coefficient (Wildman–Crippen LogP) is 3.51. The molecular formula is C16H16N2O2S2. The van der Waals surface area contributed by atoms with E-state index in [1.165, 1.54) is 15.5 Å². The first kappa shape index (κ1) is 15.1. The van der Waals surface area contributed by atoms with Crippen molar-refractivity contribution in [1.82, 2.24) is 4.90 Å². The van der Waals surface area contributed by atoms with Crippen molar-refractivity contribution >= 4 is 40.7 Å². The fourth-order valence-corrected chi connectivity index (χ4v) is 3.87. The zero-order valence-electron chi connectivity index (χ0n) is 12.4. The Labute approximate surface area is 139 Å². The van der Waals surface area contributed by atoms with Gasteiger partial charge < -0.3 is 9.64 Å². The minimum absolute atomic E-state index is 0.173. The van der Waals surface area contributed by atoms with Crippen LogP contribution in [0.2, 0.25) is 0 Å². The number of amides is 1. The van der Waals surface area contributed by atoms with Crippen LogP contribution in [-0.4, -0.2) is 29.1 Å². The fourth-order valence-electron chi connectivity index (χ4n) is 2.44. The second kappa shape index (κ2) is 6.14. The molecule has 0 unspecified atom stereocenters. The van der Waals surface area contributed by atoms with Crippen molar-refractivity contribution in [3.05, 3.63) is 47.2 Å². The van der Waals surface area contributed by atoms with Gasteiger partial charge in [-0.25, -0.2) is 0 Å². The van der Waals surface area contributed by atoms with E-state index in [1.54, 1.807) is 17.8 Å². The quantitative estimate of drug-likeness (QED) is 0.625. The van der Waals surface area contributed by atoms with Crippen molar-refractivity contribution in [1.29, 1.82) is 0 Å². The summed E-state index contributed by atoms with van der Waals surface area (Å²) in [5.74, 6) is 0.111. The Kier molecular flexibility index (Phi) is 4.22. The van der Waals surface area contributed by atoms with Crippen LogP contribution < -0.4 is 4.90 Å². The van der Waals surface area contributed by atoms with Gasteiger partial charge in [-0.3, -0.25) is 9.69 Å². The van der Waals surface area contributed by atoms with Crippen molar-refractivity contribution in [2.24, 2.45) is 0 Å². The number of nitrogens with zero attached hydrogens (tertiary/aromatic N) is 2. The molecule has 3 rings (SSSR count). The van der Waals surface area contributed by atoms with Crippen LogP contribution in [0.1, 0.15) is 13.8 Å². The molecule has 22 heavy (non-hydrogen) atoms. The summed E-state index contributed by atoms with van der Waals surface area (Å²) in [5.41, 5.74) is 1.20. The third kappa shape index (κ3) is 2.53. The number of carbonyl (C=O) groups excluding carboxylic acids is 1. The zero-order valence-corrected chi connectivity index (χ0v) is 14.0. The molecule has 0 saturated carbocycles. The summed E-state index contributed by atoms with van der Waals surface area (Å²) < 4.78 is 5.38. The molecular weight excluding hydrogens is 316 g/mol. The Morgan fingerprint density at radius 1 is 1.18 bits per heavy atom. The van der Waals surface area contributed by atoms with Gasteiger partial charge in [0, 0.05) is 18.0 Å². The highest BCUT2D eigenvalue weighted by molar-refractivity contribution is 8.03. The SMILES string of the molecule is CCN1C(=O)/C(=C\C=C2/Sc3ccccc3N2CC)OC1=S. The Morgan fingerprint density at radius 2 is 1.91 bits per heavy atom. The molecule has 2 heterocycles. The molecule has 0 atom stereocenters. The van der Waals surface area contributed by atoms with E-state index in [-0.39, 0.29) is 16.8 Å². The lowest BCUT2D eigenvalue weighted by molar-refractivity contribution is -0.122. The van der Waals surface area contributed by atoms with E-state index in [2.05, 4.69) is 24.0 Å². The number of ether oxygens (including phenoxy) is 1. The van der Waals surface area contributed by atoms with E-state index in [0.29, 0.717) is 6.54 Å². The molecule has 1 aromatic carbocycles. The number of benzene rings is 1. The Morgan fingerprint density at radius 3 is 2.59 bits per heavy atom. The maximum Gasteiger partial charge on any atom is 0.297 e. The summed E-state index contributed by atoms with van der Waals surface area (Å²) in [7, 11) is 0. The van der Waals surface area contributed by atoms with Crippen LogP contribution in [0.15, 0.2) is 52.1 Å². The van der Waals surface area contributed by atoms with Crippen molar-refractivity contribution < 1.29 is 9.53 Å². The van der Waals surface area contributed by atoms with Crippen molar-refractivity contribution in [3.8, 4) is 0 Å². The smallest absolute Gasteiger partial charge is 0.297 e. The minimum Gasteiger partial charge on any atom is -0.426 e. The second-order valence-corrected chi connectivity index (χ2v) is 6.18. The zero-order chi connectivity index (χ0) is 15.7. The first-order valence-corrected chi connectivity index (χ1v) is 8.38. The molecule has 0 aliphatic carbocycles. The molecule has 6 heteroatoms. The number of rotatable bonds is 3. The Balaban J connectivity index is 1.87. The van der Waals surface area contributed by atoms with Gasteiger partial charge in [0.05, 0.1) is 10.7 Å². The van der Waals surface area contributed by atoms with Crippen LogP contribution in [-0.2, 0) is 9.53 Å². The molecule has 4 nitrogen and oxygen atoms in total. The van der Waals surface area contributed by atoms with E-state index in [9.17, 15) is 4.79 Å². The Hall–Kier alpha value is -1.79. The second-order valence-electron chi connectivity index (χ2n) is 4.77. The maximum absolute atomic E-state index is 12.1. The van der Waals surface area contributed by atoms with E-state index in [4.69, 9.17) is 17.0 Å². The van der Waals surface area contributed by atoms with Crippen LogP contribution in [0.5, 0.6) is 0 Å². The summed E-state index contributed by atoms with van der Waals surface area (Å²) in [6.07, 6.45) is 3.63. The summed E-state index contributed by atoms with van der Waals surface area (Å²) in [4.78, 5) is 17.0. The molecule has 2 aliphatic rings. The predicted molar refractivity (Wildman–Crippen MR) is 92.6 cm³/mol. The van der Waals surface area contributed by atoms with Crippen LogP contribution in [0, 0.1) is 0 Å². The van der Waals surface area contributed by atoms with Crippen LogP contribution >= 0.6 is 24.0 Å². The lowest BCUT2D eigenvalue weighted by Gasteiger charge is -2.17. The maximum atomic E-state index is 12.1. The topological polar surface area (TPSA) is 32.8 Å². The first-order valence-electron chi connectivity index (χ1n) is 7.15. The summed E-state index contributed by atoms with van der Waals surface area (Å²) in [5, 5.41) is 1.31. The number of anilines is 1. The Bertz CT molecular complexity index is 697. The van der Waals surface area contributed by atoms with Gasteiger partial charge in [-0.2, -0.15) is 0 Å². The molecule has 1 aromatic rings. The standard InChI is InChI=1S/C16H16N2O2S2/c1-3-17-11-7-5-6-8-13(11)22-14(17)10-9-12-15(19)18(4-2)16(21)20-12/h5-10H,3-4H2,1-2H3/b12-9+,14-10-. The number of fused-ring (bicyclic) bond motifs is 1. The monoisotopic (exact) mass is 332 g/mol. The van der Waals surface area contributed by atoms with Gasteiger partial charge in [0.2, 0.25) is 0 Å². The molecule has 0 spiro atoms. The summed E-state index contributed by atoms with van der Waals surface area (Å²) in [6, 6.07) is 8.26. The van der Waals surface area contributed by atoms with Gasteiger partial charge in [0.15, 0.2) is 5.76 Å². The molecule has 2 aliphatic heterocycles. The largest absolute Gasteiger partial charge is 0.426 e. The summed E-state index contributed by atoms with van der Waals surface area (Å²) >= 11 is 6.74. The first-order chi connectivity index (χ1) is 10.7. The van der Waals surface area contributed by atoms with Crippen LogP contribution in [0.4, 0.5) is 5.69 Å². The van der Waals surface area contributed by atoms with Gasteiger partial charge in [0.1, 0.15) is 0 Å². The lowest BCUT2D eigenvalue weighted by Crippen LogP contribution is -2.27. The number of likely N-dealkylation sites (N-methyl/N-ethyl adjacent to an activating group) is 1. The van der Waals surface area contributed by atoms with Gasteiger partial charge in [-0.05, 0) is 50.4 Å². The number of para-hydroxylation sites is 1. The number of carbonyl (C=O) groups is 1. The van der Waals surface area contributed by atoms with E-state index < -0.39 is 0 Å². The number of thioether (sulfide) groups is 1. The molecule has 114 valence electrons. The number of allylic oxidation sites excluding steroid dienone is 2. The van der Waals surface area contributed by atoms with Gasteiger partial charge in [-0.15, -0.1) is 0 Å². The van der Waals surface area contributed by atoms with Crippen molar-refractivity contribution in [2.45, 2.75) is 18.7 Å². The highest BCUT2D eigenvalue weighted by atomic mass is 32.2. The molecule has 0 bridgehead atoms. The molecule has 1 fully saturated rings. The highest BCUT2D eigenvalue weighted by Crippen LogP contribution is 2.45. The third-order valence-electron chi connectivity index (χ3n) is 3.52. The summed E-state index contributed by atoms with van der Waals surface area (Å²) in [6.45, 7) is 5.37. The average molecular weight is 332 g/mol. The molecule has 1 amide bonds. The minimum atomic E-state index is -0.173. The van der Waals surface area contributed by atoms with Gasteiger partial charge >= 0.3 is 0 Å². The van der Waals surface area contributed by atoms with Crippen molar-refractivity contribution in [2.75, 3.05) is 18.0 Å². The van der Waals surface area contributed by atoms with Crippen LogP contribution in [0.25, 0.3) is 0 Å². The third-order valence-corrected chi connectivity index (χ3v) is 4.95. The number of hydrogen-bond acceptors (Lipinski definition) is 5. The van der Waals surface area contributed by atoms with Gasteiger partial charge in [0.25, 0.3) is 11.1 Å². The molecule has 0 radical (unpaired) electrons. The number of hydrogen-bond donors (Lipinski definition) is 0. The fraction of sp³-hybridized carbons (Fsp3) is 0.250. The molecule has 0 aromatic heterocycles. The van der Waals surface area contributed by atoms with E-state index in [0.717, 1.165) is 11.6 Å². The lowest BCUT2D eigenvalue weighted by atomic mass is 10.3. The van der Waals surface area contributed by atoms with E-state index >= 15 is 0 Å². The van der Waals surface area contributed by atoms with Gasteiger partial charge in [-0.1, -0.05) is 23.9 Å². The number of thiocarbonyl (C=S) groups is 1. The highest BCUT2D eigenvalue weighted by Gasteiger charge is 2.32. The molecule has 0 N–H and O–H groups in total. The van der Waals surface area contributed by atoms with Crippen LogP contribution in [0.3, 0.4) is 0 Å². The molecule has 1 saturated heterocycles. The van der Waals surface area contributed by atoms with Crippen molar-refractivity contribution in [3.63, 3.8) is 0 Å². The normalized spacial score (nSPS) is 21.0. The average Bonchev–Trinajstić information content (AvgIpc) is 3.01. The van der Waals surface area contributed by atoms with E-state index in [1.807, 2.05) is 25.1 Å².